The predicted octanol–water partition coefficient (Wildman–Crippen LogP) is 2.67. The number of nitrogens with zero attached hydrogens (tertiary/aromatic N) is 1. The van der Waals surface area contributed by atoms with Gasteiger partial charge in [0, 0.05) is 5.02 Å². The van der Waals surface area contributed by atoms with E-state index in [0.717, 1.165) is 21.9 Å². The van der Waals surface area contributed by atoms with Crippen molar-refractivity contribution in [2.75, 3.05) is 13.2 Å². The summed E-state index contributed by atoms with van der Waals surface area (Å²) in [6, 6.07) is 3.72. The van der Waals surface area contributed by atoms with E-state index in [2.05, 4.69) is 4.99 Å². The second kappa shape index (κ2) is 5.54. The number of aryl methyl sites for hydroxylation is 2. The zero-order chi connectivity index (χ0) is 11.3. The molecule has 1 aromatic rings. The minimum atomic E-state index is 0.324. The summed E-state index contributed by atoms with van der Waals surface area (Å²) in [6.45, 7) is 4.54. The topological polar surface area (TPSA) is 38.7 Å². The molecule has 3 nitrogen and oxygen atoms in total. The second-order valence-electron chi connectivity index (χ2n) is 3.19. The summed E-state index contributed by atoms with van der Waals surface area (Å²) >= 11 is 6.01. The molecule has 0 aliphatic heterocycles. The molecule has 0 saturated carbocycles. The number of hydrogen-bond acceptors (Lipinski definition) is 3. The van der Waals surface area contributed by atoms with Gasteiger partial charge in [0.1, 0.15) is 12.4 Å². The largest absolute Gasteiger partial charge is 0.492 e. The van der Waals surface area contributed by atoms with Crippen LogP contribution < -0.4 is 4.74 Å². The maximum Gasteiger partial charge on any atom is 0.235 e. The number of ether oxygens (including phenoxy) is 1. The molecule has 4 heteroatoms. The third-order valence-corrected chi connectivity index (χ3v) is 2.54. The van der Waals surface area contributed by atoms with E-state index in [1.165, 1.54) is 6.08 Å². The quantitative estimate of drug-likeness (QED) is 0.449. The van der Waals surface area contributed by atoms with Crippen LogP contribution in [-0.2, 0) is 4.79 Å². The fourth-order valence-electron chi connectivity index (χ4n) is 1.24. The lowest BCUT2D eigenvalue weighted by atomic mass is 10.1. The van der Waals surface area contributed by atoms with Crippen LogP contribution in [0.5, 0.6) is 5.75 Å². The van der Waals surface area contributed by atoms with E-state index in [1.807, 2.05) is 26.0 Å². The van der Waals surface area contributed by atoms with Gasteiger partial charge in [-0.05, 0) is 37.1 Å². The average molecular weight is 226 g/mol. The Morgan fingerprint density at radius 3 is 2.53 bits per heavy atom. The molecule has 0 spiro atoms. The van der Waals surface area contributed by atoms with Crippen LogP contribution in [0.15, 0.2) is 17.1 Å². The van der Waals surface area contributed by atoms with Crippen molar-refractivity contribution in [3.8, 4) is 5.75 Å². The lowest BCUT2D eigenvalue weighted by Crippen LogP contribution is -2.01. The molecule has 0 N–H and O–H groups in total. The van der Waals surface area contributed by atoms with Crippen LogP contribution in [0.3, 0.4) is 0 Å². The van der Waals surface area contributed by atoms with Crippen molar-refractivity contribution in [2.45, 2.75) is 13.8 Å². The van der Waals surface area contributed by atoms with E-state index in [4.69, 9.17) is 16.3 Å². The summed E-state index contributed by atoms with van der Waals surface area (Å²) < 4.78 is 5.39. The summed E-state index contributed by atoms with van der Waals surface area (Å²) in [7, 11) is 0. The van der Waals surface area contributed by atoms with Crippen LogP contribution in [0, 0.1) is 13.8 Å². The number of hydrogen-bond donors (Lipinski definition) is 0. The van der Waals surface area contributed by atoms with Crippen molar-refractivity contribution in [1.29, 1.82) is 0 Å². The van der Waals surface area contributed by atoms with Gasteiger partial charge in [0.2, 0.25) is 6.08 Å². The van der Waals surface area contributed by atoms with E-state index in [0.29, 0.717) is 13.2 Å². The van der Waals surface area contributed by atoms with Gasteiger partial charge in [0.15, 0.2) is 0 Å². The van der Waals surface area contributed by atoms with Gasteiger partial charge in [0.25, 0.3) is 0 Å². The number of halogens is 1. The molecule has 0 amide bonds. The molecule has 0 fully saturated rings. The number of benzene rings is 1. The average Bonchev–Trinajstić information content (AvgIpc) is 2.21. The molecule has 80 valence electrons. The Balaban J connectivity index is 2.66. The van der Waals surface area contributed by atoms with Gasteiger partial charge >= 0.3 is 0 Å². The molecular weight excluding hydrogens is 214 g/mol. The first-order valence-corrected chi connectivity index (χ1v) is 4.96. The van der Waals surface area contributed by atoms with Crippen LogP contribution in [-0.4, -0.2) is 19.2 Å². The number of aliphatic imine (C=N–C) groups is 1. The van der Waals surface area contributed by atoms with Crippen molar-refractivity contribution in [2.24, 2.45) is 4.99 Å². The van der Waals surface area contributed by atoms with E-state index in [1.54, 1.807) is 0 Å². The number of carbonyl (C=O) groups excluding carboxylic acids is 1. The fraction of sp³-hybridized carbons (Fsp3) is 0.364. The van der Waals surface area contributed by atoms with E-state index >= 15 is 0 Å². The van der Waals surface area contributed by atoms with Gasteiger partial charge in [-0.2, -0.15) is 0 Å². The Bertz CT molecular complexity index is 375. The minimum Gasteiger partial charge on any atom is -0.492 e. The SMILES string of the molecule is Cc1cc(OCCN=C=O)cc(C)c1Cl. The summed E-state index contributed by atoms with van der Waals surface area (Å²) in [5.41, 5.74) is 1.95. The summed E-state index contributed by atoms with van der Waals surface area (Å²) in [4.78, 5) is 13.2. The van der Waals surface area contributed by atoms with E-state index in [-0.39, 0.29) is 0 Å². The second-order valence-corrected chi connectivity index (χ2v) is 3.57. The maximum absolute atomic E-state index is 9.80. The molecule has 0 aliphatic carbocycles. The molecule has 0 heterocycles. The first-order valence-electron chi connectivity index (χ1n) is 4.58. The Kier molecular flexibility index (Phi) is 4.35. The highest BCUT2D eigenvalue weighted by Gasteiger charge is 2.02. The molecule has 1 rings (SSSR count). The van der Waals surface area contributed by atoms with Gasteiger partial charge in [-0.25, -0.2) is 9.79 Å². The lowest BCUT2D eigenvalue weighted by Gasteiger charge is -2.08. The van der Waals surface area contributed by atoms with Gasteiger partial charge in [-0.3, -0.25) is 0 Å². The van der Waals surface area contributed by atoms with Crippen molar-refractivity contribution >= 4 is 17.7 Å². The third-order valence-electron chi connectivity index (χ3n) is 1.95. The molecule has 0 atom stereocenters. The molecule has 0 unspecified atom stereocenters. The zero-order valence-corrected chi connectivity index (χ0v) is 9.47. The monoisotopic (exact) mass is 225 g/mol. The normalized spacial score (nSPS) is 9.53. The fourth-order valence-corrected chi connectivity index (χ4v) is 1.35. The van der Waals surface area contributed by atoms with Gasteiger partial charge < -0.3 is 4.74 Å². The van der Waals surface area contributed by atoms with Crippen LogP contribution in [0.1, 0.15) is 11.1 Å². The van der Waals surface area contributed by atoms with Crippen LogP contribution >= 0.6 is 11.6 Å². The Morgan fingerprint density at radius 1 is 1.40 bits per heavy atom. The van der Waals surface area contributed by atoms with Crippen molar-refractivity contribution < 1.29 is 9.53 Å². The molecule has 15 heavy (non-hydrogen) atoms. The Labute approximate surface area is 93.7 Å². The molecule has 0 aliphatic rings. The standard InChI is InChI=1S/C11H12ClNO2/c1-8-5-10(6-9(2)11(8)12)15-4-3-13-7-14/h5-6H,3-4H2,1-2H3. The van der Waals surface area contributed by atoms with E-state index < -0.39 is 0 Å². The smallest absolute Gasteiger partial charge is 0.235 e. The zero-order valence-electron chi connectivity index (χ0n) is 8.71. The molecule has 0 saturated heterocycles. The molecule has 1 aromatic carbocycles. The highest BCUT2D eigenvalue weighted by Crippen LogP contribution is 2.25. The molecular formula is C11H12ClNO2. The molecule has 0 radical (unpaired) electrons. The number of rotatable bonds is 4. The van der Waals surface area contributed by atoms with Crippen LogP contribution in [0.2, 0.25) is 5.02 Å². The maximum atomic E-state index is 9.80. The molecule has 0 aromatic heterocycles. The summed E-state index contributed by atoms with van der Waals surface area (Å²) in [5.74, 6) is 0.746. The Morgan fingerprint density at radius 2 is 2.00 bits per heavy atom. The first kappa shape index (κ1) is 11.8. The summed E-state index contributed by atoms with van der Waals surface area (Å²) in [5, 5.41) is 0.758. The predicted molar refractivity (Wildman–Crippen MR) is 59.4 cm³/mol. The Hall–Kier alpha value is -1.31. The lowest BCUT2D eigenvalue weighted by molar-refractivity contribution is 0.328. The van der Waals surface area contributed by atoms with Gasteiger partial charge in [0.05, 0.1) is 6.54 Å². The number of isocyanates is 1. The van der Waals surface area contributed by atoms with Crippen molar-refractivity contribution in [3.63, 3.8) is 0 Å². The van der Waals surface area contributed by atoms with Crippen molar-refractivity contribution in [3.05, 3.63) is 28.3 Å². The van der Waals surface area contributed by atoms with Crippen molar-refractivity contribution in [1.82, 2.24) is 0 Å². The van der Waals surface area contributed by atoms with Gasteiger partial charge in [-0.1, -0.05) is 11.6 Å². The van der Waals surface area contributed by atoms with Gasteiger partial charge in [-0.15, -0.1) is 0 Å². The highest BCUT2D eigenvalue weighted by molar-refractivity contribution is 6.32. The first-order chi connectivity index (χ1) is 7.15. The summed E-state index contributed by atoms with van der Waals surface area (Å²) in [6.07, 6.45) is 1.46. The third kappa shape index (κ3) is 3.39. The molecule has 0 bridgehead atoms. The highest BCUT2D eigenvalue weighted by atomic mass is 35.5. The van der Waals surface area contributed by atoms with Crippen LogP contribution in [0.4, 0.5) is 0 Å². The van der Waals surface area contributed by atoms with E-state index in [9.17, 15) is 4.79 Å². The van der Waals surface area contributed by atoms with Crippen LogP contribution in [0.25, 0.3) is 0 Å². The minimum absolute atomic E-state index is 0.324.